The van der Waals surface area contributed by atoms with Crippen molar-refractivity contribution >= 4 is 28.6 Å². The van der Waals surface area contributed by atoms with Crippen molar-refractivity contribution in [3.05, 3.63) is 77.6 Å². The number of aromatic nitrogens is 1. The molecule has 2 amide bonds. The third kappa shape index (κ3) is 4.28. The molecule has 144 valence electrons. The summed E-state index contributed by atoms with van der Waals surface area (Å²) in [6.07, 6.45) is 0. The van der Waals surface area contributed by atoms with Crippen LogP contribution in [0.2, 0.25) is 0 Å². The molecule has 0 aliphatic rings. The lowest BCUT2D eigenvalue weighted by Crippen LogP contribution is -2.16. The third-order valence-electron chi connectivity index (χ3n) is 4.37. The number of hydrogen-bond acceptors (Lipinski definition) is 3. The number of hydrogen-bond donors (Lipinski definition) is 1. The Hall–Kier alpha value is -2.99. The maximum atomic E-state index is 12.8. The van der Waals surface area contributed by atoms with E-state index in [0.717, 1.165) is 33.7 Å². The van der Waals surface area contributed by atoms with Crippen molar-refractivity contribution in [2.45, 2.75) is 18.7 Å². The van der Waals surface area contributed by atoms with Gasteiger partial charge in [-0.05, 0) is 68.1 Å². The van der Waals surface area contributed by atoms with Gasteiger partial charge in [0.1, 0.15) is 0 Å². The van der Waals surface area contributed by atoms with Crippen molar-refractivity contribution in [3.63, 3.8) is 0 Å². The normalized spacial score (nSPS) is 10.6. The van der Waals surface area contributed by atoms with E-state index in [2.05, 4.69) is 9.88 Å². The van der Waals surface area contributed by atoms with Gasteiger partial charge in [-0.1, -0.05) is 18.2 Å². The number of para-hydroxylation sites is 1. The lowest BCUT2D eigenvalue weighted by molar-refractivity contribution is 0.102. The van der Waals surface area contributed by atoms with Crippen LogP contribution < -0.4 is 5.32 Å². The summed E-state index contributed by atoms with van der Waals surface area (Å²) in [6.45, 7) is 3.94. The van der Waals surface area contributed by atoms with Crippen molar-refractivity contribution < 1.29 is 9.59 Å². The van der Waals surface area contributed by atoms with Gasteiger partial charge in [-0.2, -0.15) is 0 Å². The highest BCUT2D eigenvalue weighted by Crippen LogP contribution is 2.24. The van der Waals surface area contributed by atoms with Gasteiger partial charge in [0.15, 0.2) is 0 Å². The summed E-state index contributed by atoms with van der Waals surface area (Å²) < 4.78 is 2.07. The molecule has 28 heavy (non-hydrogen) atoms. The molecule has 0 aliphatic heterocycles. The molecule has 0 radical (unpaired) electrons. The lowest BCUT2D eigenvalue weighted by Gasteiger charge is -2.11. The molecule has 1 heterocycles. The van der Waals surface area contributed by atoms with Crippen LogP contribution in [0, 0.1) is 13.8 Å². The molecule has 1 N–H and O–H groups in total. The van der Waals surface area contributed by atoms with Crippen molar-refractivity contribution in [3.8, 4) is 5.69 Å². The third-order valence-corrected chi connectivity index (χ3v) is 5.42. The molecule has 0 fully saturated rings. The number of rotatable bonds is 4. The molecule has 0 bridgehead atoms. The average molecular weight is 394 g/mol. The second-order valence-corrected chi connectivity index (χ2v) is 7.72. The zero-order valence-electron chi connectivity index (χ0n) is 16.4. The Morgan fingerprint density at radius 1 is 0.964 bits per heavy atom. The molecule has 0 aliphatic carbocycles. The standard InChI is InChI=1S/C22H23N3O2S/c1-15-14-20(16(2)25(15)18-8-6-5-7-9-18)21(26)23-17-10-12-19(13-11-17)28-22(27)24(3)4/h5-14H,1-4H3,(H,23,26). The van der Waals surface area contributed by atoms with Crippen LogP contribution in [-0.4, -0.2) is 34.7 Å². The van der Waals surface area contributed by atoms with Crippen LogP contribution in [0.25, 0.3) is 5.69 Å². The highest BCUT2D eigenvalue weighted by Gasteiger charge is 2.17. The molecule has 0 atom stereocenters. The van der Waals surface area contributed by atoms with E-state index in [-0.39, 0.29) is 11.1 Å². The van der Waals surface area contributed by atoms with E-state index >= 15 is 0 Å². The van der Waals surface area contributed by atoms with Gasteiger partial charge in [-0.25, -0.2) is 0 Å². The smallest absolute Gasteiger partial charge is 0.285 e. The number of aryl methyl sites for hydroxylation is 1. The Balaban J connectivity index is 1.76. The van der Waals surface area contributed by atoms with E-state index in [1.165, 1.54) is 4.90 Å². The summed E-state index contributed by atoms with van der Waals surface area (Å²) in [4.78, 5) is 26.9. The summed E-state index contributed by atoms with van der Waals surface area (Å²) in [5.74, 6) is -0.153. The van der Waals surface area contributed by atoms with Gasteiger partial charge >= 0.3 is 0 Å². The maximum Gasteiger partial charge on any atom is 0.285 e. The van der Waals surface area contributed by atoms with Crippen LogP contribution in [0.15, 0.2) is 65.6 Å². The summed E-state index contributed by atoms with van der Waals surface area (Å²) in [6, 6.07) is 19.1. The zero-order chi connectivity index (χ0) is 20.3. The van der Waals surface area contributed by atoms with Crippen molar-refractivity contribution in [1.82, 2.24) is 9.47 Å². The maximum absolute atomic E-state index is 12.8. The van der Waals surface area contributed by atoms with Crippen molar-refractivity contribution in [2.75, 3.05) is 19.4 Å². The Bertz CT molecular complexity index is 993. The number of nitrogens with zero attached hydrogens (tertiary/aromatic N) is 2. The molecule has 0 saturated carbocycles. The highest BCUT2D eigenvalue weighted by molar-refractivity contribution is 8.13. The highest BCUT2D eigenvalue weighted by atomic mass is 32.2. The molecule has 0 spiro atoms. The van der Waals surface area contributed by atoms with Crippen LogP contribution in [-0.2, 0) is 0 Å². The van der Waals surface area contributed by atoms with Gasteiger partial charge in [-0.15, -0.1) is 0 Å². The topological polar surface area (TPSA) is 54.3 Å². The first-order chi connectivity index (χ1) is 13.4. The van der Waals surface area contributed by atoms with Gasteiger partial charge in [0.05, 0.1) is 5.56 Å². The fraction of sp³-hybridized carbons (Fsp3) is 0.182. The van der Waals surface area contributed by atoms with Gasteiger partial charge in [0.2, 0.25) is 0 Å². The predicted molar refractivity (Wildman–Crippen MR) is 115 cm³/mol. The first kappa shape index (κ1) is 19.8. The van der Waals surface area contributed by atoms with E-state index < -0.39 is 0 Å². The van der Waals surface area contributed by atoms with Crippen LogP contribution in [0.3, 0.4) is 0 Å². The largest absolute Gasteiger partial charge is 0.339 e. The Labute approximate surface area is 169 Å². The molecule has 1 aromatic heterocycles. The minimum absolute atomic E-state index is 0.0369. The fourth-order valence-electron chi connectivity index (χ4n) is 2.96. The van der Waals surface area contributed by atoms with Crippen molar-refractivity contribution in [2.24, 2.45) is 0 Å². The first-order valence-corrected chi connectivity index (χ1v) is 9.73. The predicted octanol–water partition coefficient (Wildman–Crippen LogP) is 5.12. The summed E-state index contributed by atoms with van der Waals surface area (Å²) in [5, 5.41) is 2.90. The molecule has 3 rings (SSSR count). The molecule has 0 unspecified atom stereocenters. The lowest BCUT2D eigenvalue weighted by atomic mass is 10.2. The Morgan fingerprint density at radius 3 is 2.21 bits per heavy atom. The van der Waals surface area contributed by atoms with Crippen LogP contribution >= 0.6 is 11.8 Å². The second-order valence-electron chi connectivity index (χ2n) is 6.70. The number of nitrogens with one attached hydrogen (secondary N) is 1. The van der Waals surface area contributed by atoms with Gasteiger partial charge in [0, 0.05) is 41.8 Å². The summed E-state index contributed by atoms with van der Waals surface area (Å²) in [5.41, 5.74) is 4.26. The van der Waals surface area contributed by atoms with E-state index in [4.69, 9.17) is 0 Å². The molecular weight excluding hydrogens is 370 g/mol. The number of thioether (sulfide) groups is 1. The molecule has 0 saturated heterocycles. The molecule has 6 heteroatoms. The Kier molecular flexibility index (Phi) is 5.90. The minimum atomic E-state index is -0.153. The fourth-order valence-corrected chi connectivity index (χ4v) is 3.62. The monoisotopic (exact) mass is 393 g/mol. The second kappa shape index (κ2) is 8.35. The number of benzene rings is 2. The number of carbonyl (C=O) groups excluding carboxylic acids is 2. The van der Waals surface area contributed by atoms with E-state index in [1.807, 2.05) is 62.4 Å². The van der Waals surface area contributed by atoms with Crippen LogP contribution in [0.5, 0.6) is 0 Å². The molecule has 3 aromatic rings. The van der Waals surface area contributed by atoms with E-state index in [0.29, 0.717) is 11.3 Å². The van der Waals surface area contributed by atoms with Crippen LogP contribution in [0.4, 0.5) is 10.5 Å². The SMILES string of the molecule is Cc1cc(C(=O)Nc2ccc(SC(=O)N(C)C)cc2)c(C)n1-c1ccccc1. The van der Waals surface area contributed by atoms with Crippen LogP contribution in [0.1, 0.15) is 21.7 Å². The molecular formula is C22H23N3O2S. The van der Waals surface area contributed by atoms with Gasteiger partial charge < -0.3 is 14.8 Å². The first-order valence-electron chi connectivity index (χ1n) is 8.91. The van der Waals surface area contributed by atoms with Gasteiger partial charge in [-0.3, -0.25) is 9.59 Å². The summed E-state index contributed by atoms with van der Waals surface area (Å²) >= 11 is 1.15. The van der Waals surface area contributed by atoms with Crippen molar-refractivity contribution in [1.29, 1.82) is 0 Å². The number of carbonyl (C=O) groups is 2. The molecule has 5 nitrogen and oxygen atoms in total. The van der Waals surface area contributed by atoms with E-state index in [9.17, 15) is 9.59 Å². The van der Waals surface area contributed by atoms with E-state index in [1.54, 1.807) is 26.2 Å². The summed E-state index contributed by atoms with van der Waals surface area (Å²) in [7, 11) is 3.44. The average Bonchev–Trinajstić information content (AvgIpc) is 2.98. The number of amides is 2. The minimum Gasteiger partial charge on any atom is -0.339 e. The Morgan fingerprint density at radius 2 is 1.61 bits per heavy atom. The number of anilines is 1. The zero-order valence-corrected chi connectivity index (χ0v) is 17.2. The quantitative estimate of drug-likeness (QED) is 0.626. The molecule has 2 aromatic carbocycles. The van der Waals surface area contributed by atoms with Gasteiger partial charge in [0.25, 0.3) is 11.1 Å².